The van der Waals surface area contributed by atoms with Gasteiger partial charge in [0.2, 0.25) is 5.91 Å². The summed E-state index contributed by atoms with van der Waals surface area (Å²) in [6.07, 6.45) is -4.75. The topological polar surface area (TPSA) is 111 Å². The van der Waals surface area contributed by atoms with Crippen molar-refractivity contribution in [1.29, 1.82) is 0 Å². The number of hydrogen-bond acceptors (Lipinski definition) is 5. The zero-order chi connectivity index (χ0) is 20.9. The molecule has 0 saturated carbocycles. The van der Waals surface area contributed by atoms with Crippen LogP contribution in [0, 0.1) is 10.1 Å². The molecular formula is C17H14F3N3O5. The average molecular weight is 397 g/mol. The first kappa shape index (κ1) is 20.7. The lowest BCUT2D eigenvalue weighted by Gasteiger charge is -2.11. The quantitative estimate of drug-likeness (QED) is 0.572. The van der Waals surface area contributed by atoms with Gasteiger partial charge in [0, 0.05) is 24.4 Å². The van der Waals surface area contributed by atoms with E-state index in [0.717, 1.165) is 6.07 Å². The molecule has 8 nitrogen and oxygen atoms in total. The van der Waals surface area contributed by atoms with E-state index in [-0.39, 0.29) is 5.91 Å². The van der Waals surface area contributed by atoms with Gasteiger partial charge in [-0.15, -0.1) is 0 Å². The lowest BCUT2D eigenvalue weighted by Crippen LogP contribution is -2.20. The summed E-state index contributed by atoms with van der Waals surface area (Å²) in [5.41, 5.74) is -1.22. The molecule has 2 aromatic rings. The van der Waals surface area contributed by atoms with E-state index in [0.29, 0.717) is 23.5 Å². The Balaban J connectivity index is 2.02. The molecule has 2 rings (SSSR count). The van der Waals surface area contributed by atoms with Gasteiger partial charge in [0.25, 0.3) is 5.91 Å². The molecule has 0 aromatic heterocycles. The van der Waals surface area contributed by atoms with E-state index in [9.17, 15) is 32.9 Å². The third-order valence-corrected chi connectivity index (χ3v) is 3.33. The number of hydrogen-bond donors (Lipinski definition) is 2. The fourth-order valence-electron chi connectivity index (χ4n) is 2.14. The maximum absolute atomic E-state index is 12.7. The first-order valence-corrected chi connectivity index (χ1v) is 7.72. The SMILES string of the molecule is CC(=O)Nc1ccc(NC(=O)COc2ccc(C(F)(F)F)cc2[N+](=O)[O-])cc1. The number of ether oxygens (including phenoxy) is 1. The molecule has 0 saturated heterocycles. The number of anilines is 2. The number of benzene rings is 2. The molecule has 11 heteroatoms. The summed E-state index contributed by atoms with van der Waals surface area (Å²) in [5.74, 6) is -1.40. The van der Waals surface area contributed by atoms with Crippen LogP contribution < -0.4 is 15.4 Å². The second kappa shape index (κ2) is 8.37. The van der Waals surface area contributed by atoms with Crippen LogP contribution in [0.15, 0.2) is 42.5 Å². The summed E-state index contributed by atoms with van der Waals surface area (Å²) in [6, 6.07) is 7.84. The van der Waals surface area contributed by atoms with Crippen LogP contribution in [0.25, 0.3) is 0 Å². The Morgan fingerprint density at radius 1 is 1.07 bits per heavy atom. The van der Waals surface area contributed by atoms with Crippen molar-refractivity contribution >= 4 is 28.9 Å². The minimum atomic E-state index is -4.75. The van der Waals surface area contributed by atoms with Gasteiger partial charge in [-0.25, -0.2) is 0 Å². The fraction of sp³-hybridized carbons (Fsp3) is 0.176. The van der Waals surface area contributed by atoms with Crippen LogP contribution in [-0.4, -0.2) is 23.3 Å². The summed E-state index contributed by atoms with van der Waals surface area (Å²) in [7, 11) is 0. The van der Waals surface area contributed by atoms with Gasteiger partial charge in [-0.1, -0.05) is 0 Å². The minimum Gasteiger partial charge on any atom is -0.477 e. The predicted molar refractivity (Wildman–Crippen MR) is 93.0 cm³/mol. The molecule has 2 N–H and O–H groups in total. The highest BCUT2D eigenvalue weighted by Gasteiger charge is 2.33. The van der Waals surface area contributed by atoms with E-state index in [1.807, 2.05) is 0 Å². The fourth-order valence-corrected chi connectivity index (χ4v) is 2.14. The number of rotatable bonds is 6. The van der Waals surface area contributed by atoms with Gasteiger partial charge in [-0.3, -0.25) is 19.7 Å². The maximum atomic E-state index is 12.7. The van der Waals surface area contributed by atoms with Gasteiger partial charge >= 0.3 is 11.9 Å². The van der Waals surface area contributed by atoms with Gasteiger partial charge < -0.3 is 15.4 Å². The number of halogens is 3. The third-order valence-electron chi connectivity index (χ3n) is 3.33. The number of nitro benzene ring substituents is 1. The Morgan fingerprint density at radius 3 is 2.14 bits per heavy atom. The zero-order valence-electron chi connectivity index (χ0n) is 14.4. The van der Waals surface area contributed by atoms with Crippen LogP contribution in [0.4, 0.5) is 30.2 Å². The first-order valence-electron chi connectivity index (χ1n) is 7.72. The number of nitrogens with one attached hydrogen (secondary N) is 2. The molecule has 2 amide bonds. The van der Waals surface area contributed by atoms with Gasteiger partial charge in [-0.05, 0) is 36.4 Å². The summed E-state index contributed by atoms with van der Waals surface area (Å²) in [4.78, 5) is 32.8. The van der Waals surface area contributed by atoms with Crippen LogP contribution in [0.5, 0.6) is 5.75 Å². The van der Waals surface area contributed by atoms with Crippen LogP contribution in [0.3, 0.4) is 0 Å². The number of amides is 2. The number of carbonyl (C=O) groups is 2. The molecule has 0 aliphatic carbocycles. The van der Waals surface area contributed by atoms with E-state index >= 15 is 0 Å². The summed E-state index contributed by atoms with van der Waals surface area (Å²) >= 11 is 0. The molecule has 28 heavy (non-hydrogen) atoms. The molecule has 0 bridgehead atoms. The normalized spacial score (nSPS) is 10.9. The van der Waals surface area contributed by atoms with Gasteiger partial charge in [-0.2, -0.15) is 13.2 Å². The Labute approximate surface area is 156 Å². The van der Waals surface area contributed by atoms with E-state index in [2.05, 4.69) is 10.6 Å². The molecular weight excluding hydrogens is 383 g/mol. The molecule has 0 aliphatic rings. The molecule has 148 valence electrons. The molecule has 0 radical (unpaired) electrons. The van der Waals surface area contributed by atoms with E-state index in [1.54, 1.807) is 12.1 Å². The highest BCUT2D eigenvalue weighted by atomic mass is 19.4. The molecule has 0 unspecified atom stereocenters. The van der Waals surface area contributed by atoms with Crippen molar-refractivity contribution in [2.24, 2.45) is 0 Å². The van der Waals surface area contributed by atoms with Crippen LogP contribution in [-0.2, 0) is 15.8 Å². The van der Waals surface area contributed by atoms with Crippen molar-refractivity contribution in [3.8, 4) is 5.75 Å². The number of nitro groups is 1. The van der Waals surface area contributed by atoms with Crippen LogP contribution in [0.1, 0.15) is 12.5 Å². The number of carbonyl (C=O) groups excluding carboxylic acids is 2. The van der Waals surface area contributed by atoms with E-state index < -0.39 is 40.6 Å². The van der Waals surface area contributed by atoms with Gasteiger partial charge in [0.15, 0.2) is 12.4 Å². The Bertz CT molecular complexity index is 898. The Morgan fingerprint density at radius 2 is 1.64 bits per heavy atom. The van der Waals surface area contributed by atoms with Crippen molar-refractivity contribution in [3.63, 3.8) is 0 Å². The van der Waals surface area contributed by atoms with Crippen molar-refractivity contribution in [2.75, 3.05) is 17.2 Å². The van der Waals surface area contributed by atoms with Gasteiger partial charge in [0.05, 0.1) is 10.5 Å². The highest BCUT2D eigenvalue weighted by Crippen LogP contribution is 2.36. The zero-order valence-corrected chi connectivity index (χ0v) is 14.4. The average Bonchev–Trinajstić information content (AvgIpc) is 2.60. The lowest BCUT2D eigenvalue weighted by atomic mass is 10.2. The largest absolute Gasteiger partial charge is 0.477 e. The standard InChI is InChI=1S/C17H14F3N3O5/c1-10(24)21-12-3-5-13(6-4-12)22-16(25)9-28-15-7-2-11(17(18,19)20)8-14(15)23(26)27/h2-8H,9H2,1H3,(H,21,24)(H,22,25). The lowest BCUT2D eigenvalue weighted by molar-refractivity contribution is -0.386. The van der Waals surface area contributed by atoms with Crippen molar-refractivity contribution in [1.82, 2.24) is 0 Å². The number of nitrogens with zero attached hydrogens (tertiary/aromatic N) is 1. The molecule has 0 fully saturated rings. The van der Waals surface area contributed by atoms with E-state index in [1.165, 1.54) is 19.1 Å². The van der Waals surface area contributed by atoms with E-state index in [4.69, 9.17) is 4.74 Å². The van der Waals surface area contributed by atoms with Crippen molar-refractivity contribution < 1.29 is 32.4 Å². The summed E-state index contributed by atoms with van der Waals surface area (Å²) in [5, 5.41) is 16.0. The monoisotopic (exact) mass is 397 g/mol. The number of alkyl halides is 3. The molecule has 2 aromatic carbocycles. The first-order chi connectivity index (χ1) is 13.1. The second-order valence-electron chi connectivity index (χ2n) is 5.53. The van der Waals surface area contributed by atoms with Crippen LogP contribution >= 0.6 is 0 Å². The summed E-state index contributed by atoms with van der Waals surface area (Å²) in [6.45, 7) is 0.688. The molecule has 0 aliphatic heterocycles. The van der Waals surface area contributed by atoms with Crippen LogP contribution in [0.2, 0.25) is 0 Å². The minimum absolute atomic E-state index is 0.261. The Kier molecular flexibility index (Phi) is 6.18. The maximum Gasteiger partial charge on any atom is 0.416 e. The highest BCUT2D eigenvalue weighted by molar-refractivity contribution is 5.93. The van der Waals surface area contributed by atoms with Gasteiger partial charge in [0.1, 0.15) is 0 Å². The molecule has 0 atom stereocenters. The van der Waals surface area contributed by atoms with Crippen molar-refractivity contribution in [2.45, 2.75) is 13.1 Å². The molecule has 0 spiro atoms. The smallest absolute Gasteiger partial charge is 0.416 e. The second-order valence-corrected chi connectivity index (χ2v) is 5.53. The Hall–Kier alpha value is -3.63. The summed E-state index contributed by atoms with van der Waals surface area (Å²) < 4.78 is 43.0. The molecule has 0 heterocycles. The predicted octanol–water partition coefficient (Wildman–Crippen LogP) is 3.59. The third kappa shape index (κ3) is 5.69. The van der Waals surface area contributed by atoms with Crippen molar-refractivity contribution in [3.05, 3.63) is 58.1 Å².